The minimum atomic E-state index is 0.532. The van der Waals surface area contributed by atoms with E-state index in [0.717, 1.165) is 18.8 Å². The van der Waals surface area contributed by atoms with Gasteiger partial charge in [-0.15, -0.1) is 5.10 Å². The highest BCUT2D eigenvalue weighted by molar-refractivity contribution is 5.40. The Kier molecular flexibility index (Phi) is 2.65. The number of para-hydroxylation sites is 1. The first-order valence-electron chi connectivity index (χ1n) is 6.03. The van der Waals surface area contributed by atoms with Gasteiger partial charge in [-0.25, -0.2) is 4.68 Å². The molecule has 1 aromatic carbocycles. The second-order valence-corrected chi connectivity index (χ2v) is 4.55. The van der Waals surface area contributed by atoms with E-state index in [1.807, 2.05) is 23.0 Å². The highest BCUT2D eigenvalue weighted by Gasteiger charge is 2.21. The van der Waals surface area contributed by atoms with Crippen LogP contribution in [0.25, 0.3) is 5.69 Å². The van der Waals surface area contributed by atoms with Crippen molar-refractivity contribution in [1.29, 1.82) is 0 Å². The van der Waals surface area contributed by atoms with Crippen LogP contribution in [0.15, 0.2) is 30.5 Å². The summed E-state index contributed by atoms with van der Waals surface area (Å²) in [5.74, 6) is 0.532. The monoisotopic (exact) mass is 228 g/mol. The molecule has 0 radical (unpaired) electrons. The Hall–Kier alpha value is -1.68. The maximum Gasteiger partial charge on any atom is 0.0733 e. The van der Waals surface area contributed by atoms with Gasteiger partial charge in [-0.05, 0) is 31.5 Å². The van der Waals surface area contributed by atoms with Gasteiger partial charge in [0.15, 0.2) is 0 Å². The molecule has 0 aliphatic carbocycles. The fraction of sp³-hybridized carbons (Fsp3) is 0.385. The predicted octanol–water partition coefficient (Wildman–Crippen LogP) is 1.65. The van der Waals surface area contributed by atoms with Crippen LogP contribution >= 0.6 is 0 Å². The molecule has 1 fully saturated rings. The number of hydrogen-bond donors (Lipinski definition) is 1. The van der Waals surface area contributed by atoms with E-state index >= 15 is 0 Å². The topological polar surface area (TPSA) is 42.7 Å². The first-order chi connectivity index (χ1) is 8.36. The van der Waals surface area contributed by atoms with E-state index in [4.69, 9.17) is 0 Å². The van der Waals surface area contributed by atoms with E-state index in [9.17, 15) is 0 Å². The lowest BCUT2D eigenvalue weighted by molar-refractivity contribution is 0.673. The third-order valence-electron chi connectivity index (χ3n) is 3.40. The molecule has 3 rings (SSSR count). The van der Waals surface area contributed by atoms with Gasteiger partial charge in [-0.3, -0.25) is 0 Å². The number of hydrogen-bond acceptors (Lipinski definition) is 3. The normalized spacial score (nSPS) is 19.7. The molecule has 1 unspecified atom stereocenters. The lowest BCUT2D eigenvalue weighted by atomic mass is 10.1. The molecule has 0 spiro atoms. The molecule has 0 amide bonds. The molecular formula is C13H16N4. The number of benzene rings is 1. The van der Waals surface area contributed by atoms with Crippen LogP contribution in [0.3, 0.4) is 0 Å². The second-order valence-electron chi connectivity index (χ2n) is 4.55. The minimum Gasteiger partial charge on any atom is -0.316 e. The van der Waals surface area contributed by atoms with Gasteiger partial charge < -0.3 is 5.32 Å². The van der Waals surface area contributed by atoms with Gasteiger partial charge in [-0.2, -0.15) is 0 Å². The average molecular weight is 228 g/mol. The number of nitrogens with one attached hydrogen (secondary N) is 1. The number of nitrogens with zero attached hydrogens (tertiary/aromatic N) is 3. The Morgan fingerprint density at radius 2 is 2.24 bits per heavy atom. The van der Waals surface area contributed by atoms with Crippen molar-refractivity contribution in [2.45, 2.75) is 19.3 Å². The molecule has 2 aromatic rings. The second kappa shape index (κ2) is 4.30. The Labute approximate surface area is 101 Å². The SMILES string of the molecule is Cc1ccccc1-n1nncc1C1CCNC1. The van der Waals surface area contributed by atoms with Crippen LogP contribution in [0.2, 0.25) is 0 Å². The van der Waals surface area contributed by atoms with Crippen molar-refractivity contribution < 1.29 is 0 Å². The number of rotatable bonds is 2. The Bertz CT molecular complexity index is 512. The Morgan fingerprint density at radius 1 is 1.35 bits per heavy atom. The lowest BCUT2D eigenvalue weighted by Gasteiger charge is -2.12. The van der Waals surface area contributed by atoms with Crippen molar-refractivity contribution in [1.82, 2.24) is 20.3 Å². The van der Waals surface area contributed by atoms with Gasteiger partial charge in [-0.1, -0.05) is 23.4 Å². The average Bonchev–Trinajstić information content (AvgIpc) is 3.00. The minimum absolute atomic E-state index is 0.532. The van der Waals surface area contributed by atoms with Crippen LogP contribution < -0.4 is 5.32 Å². The molecule has 1 atom stereocenters. The molecule has 1 aromatic heterocycles. The number of aromatic nitrogens is 3. The van der Waals surface area contributed by atoms with Gasteiger partial charge in [0.1, 0.15) is 0 Å². The highest BCUT2D eigenvalue weighted by Crippen LogP contribution is 2.24. The van der Waals surface area contributed by atoms with Crippen LogP contribution in [0.4, 0.5) is 0 Å². The van der Waals surface area contributed by atoms with E-state index < -0.39 is 0 Å². The van der Waals surface area contributed by atoms with Crippen LogP contribution in [0, 0.1) is 6.92 Å². The zero-order chi connectivity index (χ0) is 11.7. The van der Waals surface area contributed by atoms with Gasteiger partial charge >= 0.3 is 0 Å². The summed E-state index contributed by atoms with van der Waals surface area (Å²) in [6.45, 7) is 4.22. The molecule has 2 heterocycles. The molecule has 0 bridgehead atoms. The smallest absolute Gasteiger partial charge is 0.0733 e. The third kappa shape index (κ3) is 1.85. The first kappa shape index (κ1) is 10.5. The van der Waals surface area contributed by atoms with Crippen molar-refractivity contribution in [3.8, 4) is 5.69 Å². The maximum absolute atomic E-state index is 4.23. The van der Waals surface area contributed by atoms with E-state index in [0.29, 0.717) is 5.92 Å². The number of aryl methyl sites for hydroxylation is 1. The van der Waals surface area contributed by atoms with Crippen LogP contribution in [0.1, 0.15) is 23.6 Å². The van der Waals surface area contributed by atoms with E-state index in [2.05, 4.69) is 34.7 Å². The van der Waals surface area contributed by atoms with Crippen LogP contribution in [0.5, 0.6) is 0 Å². The molecular weight excluding hydrogens is 212 g/mol. The molecule has 17 heavy (non-hydrogen) atoms. The fourth-order valence-electron chi connectivity index (χ4n) is 2.42. The van der Waals surface area contributed by atoms with Gasteiger partial charge in [0.2, 0.25) is 0 Å². The van der Waals surface area contributed by atoms with E-state index in [1.54, 1.807) is 0 Å². The van der Waals surface area contributed by atoms with E-state index in [-0.39, 0.29) is 0 Å². The quantitative estimate of drug-likeness (QED) is 0.850. The van der Waals surface area contributed by atoms with Crippen molar-refractivity contribution in [3.63, 3.8) is 0 Å². The molecule has 0 saturated carbocycles. The van der Waals surface area contributed by atoms with Gasteiger partial charge in [0.05, 0.1) is 17.6 Å². The van der Waals surface area contributed by atoms with E-state index in [1.165, 1.54) is 17.7 Å². The van der Waals surface area contributed by atoms with Gasteiger partial charge in [0.25, 0.3) is 0 Å². The lowest BCUT2D eigenvalue weighted by Crippen LogP contribution is -2.12. The molecule has 1 N–H and O–H groups in total. The van der Waals surface area contributed by atoms with Gasteiger partial charge in [0, 0.05) is 12.5 Å². The van der Waals surface area contributed by atoms with Crippen LogP contribution in [-0.2, 0) is 0 Å². The van der Waals surface area contributed by atoms with Crippen molar-refractivity contribution in [2.75, 3.05) is 13.1 Å². The Balaban J connectivity index is 2.04. The van der Waals surface area contributed by atoms with Crippen molar-refractivity contribution >= 4 is 0 Å². The summed E-state index contributed by atoms with van der Waals surface area (Å²) >= 11 is 0. The van der Waals surface area contributed by atoms with Crippen molar-refractivity contribution in [2.24, 2.45) is 0 Å². The standard InChI is InChI=1S/C13H16N4/c1-10-4-2-3-5-12(10)17-13(9-15-16-17)11-6-7-14-8-11/h2-5,9,11,14H,6-8H2,1H3. The summed E-state index contributed by atoms with van der Waals surface area (Å²) in [6, 6.07) is 8.29. The molecule has 1 aliphatic heterocycles. The Morgan fingerprint density at radius 3 is 3.00 bits per heavy atom. The predicted molar refractivity (Wildman–Crippen MR) is 66.3 cm³/mol. The molecule has 1 aliphatic rings. The van der Waals surface area contributed by atoms with Crippen LogP contribution in [-0.4, -0.2) is 28.1 Å². The summed E-state index contributed by atoms with van der Waals surface area (Å²) in [6.07, 6.45) is 3.06. The summed E-state index contributed by atoms with van der Waals surface area (Å²) in [5.41, 5.74) is 3.57. The zero-order valence-corrected chi connectivity index (χ0v) is 9.93. The summed E-state index contributed by atoms with van der Waals surface area (Å²) in [7, 11) is 0. The van der Waals surface area contributed by atoms with Crippen molar-refractivity contribution in [3.05, 3.63) is 41.7 Å². The highest BCUT2D eigenvalue weighted by atomic mass is 15.4. The largest absolute Gasteiger partial charge is 0.316 e. The maximum atomic E-state index is 4.23. The summed E-state index contributed by atoms with van der Waals surface area (Å²) < 4.78 is 1.98. The molecule has 88 valence electrons. The summed E-state index contributed by atoms with van der Waals surface area (Å²) in [4.78, 5) is 0. The first-order valence-corrected chi connectivity index (χ1v) is 6.03. The molecule has 4 nitrogen and oxygen atoms in total. The molecule has 4 heteroatoms. The fourth-order valence-corrected chi connectivity index (χ4v) is 2.42. The third-order valence-corrected chi connectivity index (χ3v) is 3.40. The molecule has 1 saturated heterocycles. The zero-order valence-electron chi connectivity index (χ0n) is 9.93. The summed E-state index contributed by atoms with van der Waals surface area (Å²) in [5, 5.41) is 11.7.